The van der Waals surface area contributed by atoms with Gasteiger partial charge in [-0.1, -0.05) is 54.6 Å². The van der Waals surface area contributed by atoms with E-state index in [1.54, 1.807) is 24.3 Å². The maximum absolute atomic E-state index is 12.8. The molecule has 0 bridgehead atoms. The van der Waals surface area contributed by atoms with Gasteiger partial charge in [-0.2, -0.15) is 0 Å². The van der Waals surface area contributed by atoms with Gasteiger partial charge in [0.25, 0.3) is 0 Å². The number of rotatable bonds is 3. The summed E-state index contributed by atoms with van der Waals surface area (Å²) in [7, 11) is 0. The number of hydrogen-bond acceptors (Lipinski definition) is 3. The maximum Gasteiger partial charge on any atom is 0.238 e. The number of nitrogens with zero attached hydrogens (tertiary/aromatic N) is 1. The average molecular weight is 310 g/mol. The average Bonchev–Trinajstić information content (AvgIpc) is 2.75. The zero-order valence-electron chi connectivity index (χ0n) is 11.8. The third kappa shape index (κ3) is 3.29. The van der Waals surface area contributed by atoms with Gasteiger partial charge in [-0.25, -0.2) is 0 Å². The molecule has 1 aromatic carbocycles. The van der Waals surface area contributed by atoms with Crippen molar-refractivity contribution in [2.45, 2.75) is 38.5 Å². The number of benzene rings is 1. The molecule has 0 atom stereocenters. The summed E-state index contributed by atoms with van der Waals surface area (Å²) in [5.41, 5.74) is 5.44. The van der Waals surface area contributed by atoms with E-state index in [9.17, 15) is 4.79 Å². The molecule has 4 N–H and O–H groups in total. The minimum Gasteiger partial charge on any atom is -0.409 e. The summed E-state index contributed by atoms with van der Waals surface area (Å²) in [5.74, 6) is -0.276. The van der Waals surface area contributed by atoms with Crippen LogP contribution in [0.3, 0.4) is 0 Å². The smallest absolute Gasteiger partial charge is 0.238 e. The van der Waals surface area contributed by atoms with E-state index in [1.807, 2.05) is 0 Å². The van der Waals surface area contributed by atoms with Gasteiger partial charge in [0.05, 0.1) is 10.7 Å². The Bertz CT molecular complexity index is 537. The normalized spacial score (nSPS) is 18.8. The maximum atomic E-state index is 12.8. The fraction of sp³-hybridized carbons (Fsp3) is 0.467. The van der Waals surface area contributed by atoms with Crippen molar-refractivity contribution in [2.75, 3.05) is 5.32 Å². The van der Waals surface area contributed by atoms with Gasteiger partial charge in [0.1, 0.15) is 5.41 Å². The lowest BCUT2D eigenvalue weighted by molar-refractivity contribution is -0.123. The monoisotopic (exact) mass is 309 g/mol. The van der Waals surface area contributed by atoms with Crippen LogP contribution in [0, 0.1) is 5.41 Å². The summed E-state index contributed by atoms with van der Waals surface area (Å²) >= 11 is 6.07. The van der Waals surface area contributed by atoms with Crippen LogP contribution >= 0.6 is 11.6 Å². The zero-order valence-corrected chi connectivity index (χ0v) is 12.6. The Morgan fingerprint density at radius 1 is 1.24 bits per heavy atom. The standard InChI is InChI=1S/C15H20ClN3O2/c16-11-7-3-4-8-12(11)18-14(20)15(13(17)19-21)9-5-1-2-6-10-15/h3-4,7-8,21H,1-2,5-6,9-10H2,(H2,17,19)(H,18,20). The van der Waals surface area contributed by atoms with Crippen molar-refractivity contribution in [3.8, 4) is 0 Å². The van der Waals surface area contributed by atoms with Crippen molar-refractivity contribution >= 4 is 29.0 Å². The van der Waals surface area contributed by atoms with Crippen molar-refractivity contribution < 1.29 is 10.0 Å². The summed E-state index contributed by atoms with van der Waals surface area (Å²) in [6.07, 6.45) is 5.04. The molecule has 2 rings (SSSR count). The Morgan fingerprint density at radius 2 is 1.86 bits per heavy atom. The Hall–Kier alpha value is -1.75. The van der Waals surface area contributed by atoms with Crippen LogP contribution in [-0.2, 0) is 4.79 Å². The van der Waals surface area contributed by atoms with Crippen LogP contribution in [0.2, 0.25) is 5.02 Å². The largest absolute Gasteiger partial charge is 0.409 e. The number of oxime groups is 1. The number of anilines is 1. The third-order valence-electron chi connectivity index (χ3n) is 4.11. The molecule has 0 spiro atoms. The number of halogens is 1. The van der Waals surface area contributed by atoms with Crippen LogP contribution < -0.4 is 11.1 Å². The molecule has 0 aliphatic heterocycles. The van der Waals surface area contributed by atoms with Gasteiger partial charge in [0.15, 0.2) is 5.84 Å². The van der Waals surface area contributed by atoms with E-state index in [0.29, 0.717) is 23.6 Å². The molecular formula is C15H20ClN3O2. The van der Waals surface area contributed by atoms with E-state index in [2.05, 4.69) is 10.5 Å². The van der Waals surface area contributed by atoms with E-state index in [4.69, 9.17) is 22.5 Å². The molecule has 114 valence electrons. The lowest BCUT2D eigenvalue weighted by Gasteiger charge is -2.30. The van der Waals surface area contributed by atoms with Crippen LogP contribution in [0.15, 0.2) is 29.4 Å². The minimum absolute atomic E-state index is 0.0195. The van der Waals surface area contributed by atoms with Crippen LogP contribution in [-0.4, -0.2) is 17.0 Å². The fourth-order valence-electron chi connectivity index (χ4n) is 2.83. The highest BCUT2D eigenvalue weighted by molar-refractivity contribution is 6.33. The van der Waals surface area contributed by atoms with Gasteiger partial charge in [-0.05, 0) is 25.0 Å². The Morgan fingerprint density at radius 3 is 2.43 bits per heavy atom. The summed E-state index contributed by atoms with van der Waals surface area (Å²) in [6.45, 7) is 0. The van der Waals surface area contributed by atoms with Gasteiger partial charge in [-0.3, -0.25) is 4.79 Å². The SMILES string of the molecule is NC(=NO)C1(C(=O)Nc2ccccc2Cl)CCCCCC1. The molecule has 1 saturated carbocycles. The summed E-state index contributed by atoms with van der Waals surface area (Å²) in [6, 6.07) is 7.03. The number of carbonyl (C=O) groups is 1. The van der Waals surface area contributed by atoms with Crippen LogP contribution in [0.25, 0.3) is 0 Å². The van der Waals surface area contributed by atoms with Gasteiger partial charge in [0.2, 0.25) is 5.91 Å². The highest BCUT2D eigenvalue weighted by Gasteiger charge is 2.43. The number of hydrogen-bond donors (Lipinski definition) is 3. The first-order valence-corrected chi connectivity index (χ1v) is 7.52. The molecule has 5 nitrogen and oxygen atoms in total. The van der Waals surface area contributed by atoms with E-state index in [0.717, 1.165) is 25.7 Å². The number of amidine groups is 1. The van der Waals surface area contributed by atoms with Gasteiger partial charge >= 0.3 is 0 Å². The first-order valence-electron chi connectivity index (χ1n) is 7.14. The molecule has 1 aliphatic rings. The molecule has 1 fully saturated rings. The molecule has 1 aliphatic carbocycles. The van der Waals surface area contributed by atoms with Crippen LogP contribution in [0.5, 0.6) is 0 Å². The molecule has 0 unspecified atom stereocenters. The molecule has 6 heteroatoms. The number of nitrogens with two attached hydrogens (primary N) is 1. The Kier molecular flexibility index (Phi) is 5.07. The molecule has 0 radical (unpaired) electrons. The van der Waals surface area contributed by atoms with Crippen molar-refractivity contribution in [3.63, 3.8) is 0 Å². The van der Waals surface area contributed by atoms with E-state index in [-0.39, 0.29) is 11.7 Å². The van der Waals surface area contributed by atoms with E-state index < -0.39 is 5.41 Å². The van der Waals surface area contributed by atoms with E-state index in [1.165, 1.54) is 0 Å². The number of para-hydroxylation sites is 1. The van der Waals surface area contributed by atoms with Crippen LogP contribution in [0.1, 0.15) is 38.5 Å². The highest BCUT2D eigenvalue weighted by Crippen LogP contribution is 2.37. The van der Waals surface area contributed by atoms with Crippen molar-refractivity contribution in [1.82, 2.24) is 0 Å². The van der Waals surface area contributed by atoms with Crippen molar-refractivity contribution in [2.24, 2.45) is 16.3 Å². The van der Waals surface area contributed by atoms with Gasteiger partial charge in [-0.15, -0.1) is 0 Å². The number of carbonyl (C=O) groups excluding carboxylic acids is 1. The molecule has 0 aromatic heterocycles. The van der Waals surface area contributed by atoms with Crippen molar-refractivity contribution in [3.05, 3.63) is 29.3 Å². The van der Waals surface area contributed by atoms with Gasteiger partial charge < -0.3 is 16.3 Å². The first-order chi connectivity index (χ1) is 10.1. The molecule has 1 aromatic rings. The predicted molar refractivity (Wildman–Crippen MR) is 83.6 cm³/mol. The fourth-order valence-corrected chi connectivity index (χ4v) is 3.01. The lowest BCUT2D eigenvalue weighted by atomic mass is 9.78. The summed E-state index contributed by atoms with van der Waals surface area (Å²) < 4.78 is 0. The zero-order chi connectivity index (χ0) is 15.3. The molecular weight excluding hydrogens is 290 g/mol. The number of amides is 1. The topological polar surface area (TPSA) is 87.7 Å². The molecule has 0 heterocycles. The molecule has 0 saturated heterocycles. The second-order valence-electron chi connectivity index (χ2n) is 5.42. The molecule has 21 heavy (non-hydrogen) atoms. The highest BCUT2D eigenvalue weighted by atomic mass is 35.5. The number of nitrogens with one attached hydrogen (secondary N) is 1. The molecule has 1 amide bonds. The van der Waals surface area contributed by atoms with Crippen molar-refractivity contribution in [1.29, 1.82) is 0 Å². The Labute approximate surface area is 129 Å². The minimum atomic E-state index is -0.954. The van der Waals surface area contributed by atoms with Crippen LogP contribution in [0.4, 0.5) is 5.69 Å². The predicted octanol–water partition coefficient (Wildman–Crippen LogP) is 3.37. The first kappa shape index (κ1) is 15.6. The summed E-state index contributed by atoms with van der Waals surface area (Å²) in [5, 5.41) is 15.5. The van der Waals surface area contributed by atoms with E-state index >= 15 is 0 Å². The second kappa shape index (κ2) is 6.80. The Balaban J connectivity index is 2.28. The quantitative estimate of drug-likeness (QED) is 0.263. The second-order valence-corrected chi connectivity index (χ2v) is 5.82. The summed E-state index contributed by atoms with van der Waals surface area (Å²) in [4.78, 5) is 12.8. The third-order valence-corrected chi connectivity index (χ3v) is 4.44. The van der Waals surface area contributed by atoms with Gasteiger partial charge in [0, 0.05) is 0 Å². The lowest BCUT2D eigenvalue weighted by Crippen LogP contribution is -2.47.